The number of carboxylic acid groups (broad SMARTS) is 1. The van der Waals surface area contributed by atoms with Crippen molar-refractivity contribution in [2.24, 2.45) is 0 Å². The summed E-state index contributed by atoms with van der Waals surface area (Å²) in [5.74, 6) is 0. The van der Waals surface area contributed by atoms with Crippen molar-refractivity contribution in [3.8, 4) is 0 Å². The molecule has 2 fully saturated rings. The highest BCUT2D eigenvalue weighted by Gasteiger charge is 2.37. The number of halogens is 6. The number of nitrogens with one attached hydrogen (secondary N) is 1. The highest BCUT2D eigenvalue weighted by Crippen LogP contribution is 2.37. The van der Waals surface area contributed by atoms with Crippen LogP contribution in [0, 0.1) is 0 Å². The van der Waals surface area contributed by atoms with Gasteiger partial charge in [0.1, 0.15) is 0 Å². The van der Waals surface area contributed by atoms with Crippen molar-refractivity contribution < 1.29 is 36.2 Å². The number of piperazine rings is 1. The van der Waals surface area contributed by atoms with E-state index >= 15 is 0 Å². The zero-order valence-corrected chi connectivity index (χ0v) is 19.5. The van der Waals surface area contributed by atoms with Gasteiger partial charge in [-0.25, -0.2) is 4.79 Å². The number of piperidine rings is 1. The second-order valence-corrected chi connectivity index (χ2v) is 8.64. The van der Waals surface area contributed by atoms with Gasteiger partial charge in [0.15, 0.2) is 0 Å². The van der Waals surface area contributed by atoms with Gasteiger partial charge < -0.3 is 15.3 Å². The molecule has 2 N–H and O–H groups in total. The van der Waals surface area contributed by atoms with Crippen LogP contribution in [0.5, 0.6) is 0 Å². The number of likely N-dealkylation sites (N-methyl/N-ethyl adjacent to an activating group) is 1. The molecular formula is C22H32F6N4O2. The van der Waals surface area contributed by atoms with E-state index in [1.807, 2.05) is 0 Å². The summed E-state index contributed by atoms with van der Waals surface area (Å²) in [6, 6.07) is 0.951. The summed E-state index contributed by atoms with van der Waals surface area (Å²) < 4.78 is 75.1. The number of carbonyl (C=O) groups is 1. The van der Waals surface area contributed by atoms with Crippen molar-refractivity contribution in [1.29, 1.82) is 0 Å². The molecule has 2 aliphatic heterocycles. The maximum Gasteiger partial charge on any atom is 0.416 e. The molecule has 1 aromatic carbocycles. The van der Waals surface area contributed by atoms with Crippen LogP contribution in [0.25, 0.3) is 0 Å². The number of alkyl halides is 6. The fourth-order valence-corrected chi connectivity index (χ4v) is 4.03. The predicted octanol–water partition coefficient (Wildman–Crippen LogP) is 4.73. The molecule has 2 atom stereocenters. The van der Waals surface area contributed by atoms with E-state index in [1.54, 1.807) is 4.90 Å². The lowest BCUT2D eigenvalue weighted by Crippen LogP contribution is -2.57. The SMILES string of the molecule is CN1CCN(C2CCCCN2C(=O)O)CC1.CN[C@H](C)c1cc(C(F)(F)F)cc(C(F)(F)F)c1. The molecule has 0 bridgehead atoms. The van der Waals surface area contributed by atoms with Crippen molar-refractivity contribution in [2.45, 2.75) is 50.7 Å². The molecule has 12 heteroatoms. The second-order valence-electron chi connectivity index (χ2n) is 8.64. The third kappa shape index (κ3) is 7.74. The monoisotopic (exact) mass is 498 g/mol. The first-order chi connectivity index (χ1) is 15.7. The number of rotatable bonds is 3. The van der Waals surface area contributed by atoms with Gasteiger partial charge in [0.2, 0.25) is 0 Å². The summed E-state index contributed by atoms with van der Waals surface area (Å²) >= 11 is 0. The van der Waals surface area contributed by atoms with Crippen LogP contribution in [0.3, 0.4) is 0 Å². The normalized spacial score (nSPS) is 21.6. The van der Waals surface area contributed by atoms with E-state index in [0.717, 1.165) is 57.6 Å². The molecule has 0 radical (unpaired) electrons. The Morgan fingerprint density at radius 3 is 1.94 bits per heavy atom. The summed E-state index contributed by atoms with van der Waals surface area (Å²) in [4.78, 5) is 17.4. The molecule has 2 saturated heterocycles. The lowest BCUT2D eigenvalue weighted by Gasteiger charge is -2.44. The molecule has 3 rings (SSSR count). The third-order valence-electron chi connectivity index (χ3n) is 6.22. The number of benzene rings is 1. The van der Waals surface area contributed by atoms with E-state index < -0.39 is 35.6 Å². The van der Waals surface area contributed by atoms with Gasteiger partial charge in [-0.05, 0) is 64.0 Å². The van der Waals surface area contributed by atoms with Gasteiger partial charge in [0, 0.05) is 38.8 Å². The van der Waals surface area contributed by atoms with Crippen molar-refractivity contribution in [1.82, 2.24) is 20.0 Å². The Kier molecular flexibility index (Phi) is 9.61. The maximum atomic E-state index is 12.5. The van der Waals surface area contributed by atoms with Crippen LogP contribution in [-0.2, 0) is 12.4 Å². The second kappa shape index (κ2) is 11.6. The van der Waals surface area contributed by atoms with Gasteiger partial charge in [-0.1, -0.05) is 0 Å². The van der Waals surface area contributed by atoms with Gasteiger partial charge in [-0.3, -0.25) is 9.80 Å². The molecule has 1 aromatic rings. The molecule has 0 aliphatic carbocycles. The minimum Gasteiger partial charge on any atom is -0.465 e. The van der Waals surface area contributed by atoms with Crippen LogP contribution in [-0.4, -0.2) is 78.9 Å². The zero-order valence-electron chi connectivity index (χ0n) is 19.5. The minimum atomic E-state index is -4.80. The Balaban J connectivity index is 0.000000241. The van der Waals surface area contributed by atoms with Crippen LogP contribution in [0.2, 0.25) is 0 Å². The Bertz CT molecular complexity index is 777. The molecule has 1 amide bonds. The van der Waals surface area contributed by atoms with Crippen LogP contribution < -0.4 is 5.32 Å². The molecule has 0 aromatic heterocycles. The zero-order chi connectivity index (χ0) is 25.7. The fourth-order valence-electron chi connectivity index (χ4n) is 4.03. The molecule has 34 heavy (non-hydrogen) atoms. The number of likely N-dealkylation sites (tertiary alicyclic amines) is 1. The van der Waals surface area contributed by atoms with Gasteiger partial charge >= 0.3 is 18.4 Å². The number of nitrogens with zero attached hydrogens (tertiary/aromatic N) is 3. The number of hydrogen-bond donors (Lipinski definition) is 2. The van der Waals surface area contributed by atoms with E-state index in [4.69, 9.17) is 0 Å². The lowest BCUT2D eigenvalue weighted by molar-refractivity contribution is -0.143. The highest BCUT2D eigenvalue weighted by atomic mass is 19.4. The molecule has 1 unspecified atom stereocenters. The molecule has 0 saturated carbocycles. The Morgan fingerprint density at radius 1 is 0.971 bits per heavy atom. The topological polar surface area (TPSA) is 59.0 Å². The van der Waals surface area contributed by atoms with E-state index in [1.165, 1.54) is 14.0 Å². The standard InChI is InChI=1S/C11H11F6N.C11H21N3O2/c1-6(18-2)7-3-8(10(12,13)14)5-9(4-7)11(15,16)17;1-12-6-8-13(9-7-12)10-4-2-3-5-14(10)11(15)16/h3-6,18H,1-2H3;10H,2-9H2,1H3,(H,15,16)/t6-;/m1./s1. The first kappa shape index (κ1) is 28.2. The summed E-state index contributed by atoms with van der Waals surface area (Å²) in [6.45, 7) is 6.26. The molecule has 2 aliphatic rings. The van der Waals surface area contributed by atoms with Crippen molar-refractivity contribution >= 4 is 6.09 Å². The molecule has 2 heterocycles. The average Bonchev–Trinajstić information content (AvgIpc) is 2.78. The predicted molar refractivity (Wildman–Crippen MR) is 115 cm³/mol. The largest absolute Gasteiger partial charge is 0.465 e. The summed E-state index contributed by atoms with van der Waals surface area (Å²) in [6.07, 6.45) is -7.08. The fraction of sp³-hybridized carbons (Fsp3) is 0.682. The van der Waals surface area contributed by atoms with E-state index in [9.17, 15) is 36.2 Å². The van der Waals surface area contributed by atoms with Crippen molar-refractivity contribution in [2.75, 3.05) is 46.8 Å². The van der Waals surface area contributed by atoms with Crippen molar-refractivity contribution in [3.05, 3.63) is 34.9 Å². The van der Waals surface area contributed by atoms with Crippen LogP contribution >= 0.6 is 0 Å². The van der Waals surface area contributed by atoms with Gasteiger partial charge in [-0.15, -0.1) is 0 Å². The first-order valence-corrected chi connectivity index (χ1v) is 11.1. The summed E-state index contributed by atoms with van der Waals surface area (Å²) in [5, 5.41) is 11.8. The quantitative estimate of drug-likeness (QED) is 0.591. The summed E-state index contributed by atoms with van der Waals surface area (Å²) in [7, 11) is 3.57. The highest BCUT2D eigenvalue weighted by molar-refractivity contribution is 5.65. The maximum absolute atomic E-state index is 12.5. The summed E-state index contributed by atoms with van der Waals surface area (Å²) in [5.41, 5.74) is -2.65. The van der Waals surface area contributed by atoms with Crippen LogP contribution in [0.15, 0.2) is 18.2 Å². The van der Waals surface area contributed by atoms with Gasteiger partial charge in [0.05, 0.1) is 17.3 Å². The van der Waals surface area contributed by atoms with Crippen LogP contribution in [0.4, 0.5) is 31.1 Å². The average molecular weight is 499 g/mol. The third-order valence-corrected chi connectivity index (χ3v) is 6.22. The minimum absolute atomic E-state index is 0.0559. The number of hydrogen-bond acceptors (Lipinski definition) is 4. The Hall–Kier alpha value is -2.05. The van der Waals surface area contributed by atoms with E-state index in [0.29, 0.717) is 6.54 Å². The Labute approximate surface area is 195 Å². The molecular weight excluding hydrogens is 466 g/mol. The molecule has 0 spiro atoms. The number of amides is 1. The van der Waals surface area contributed by atoms with Gasteiger partial charge in [-0.2, -0.15) is 26.3 Å². The van der Waals surface area contributed by atoms with Gasteiger partial charge in [0.25, 0.3) is 0 Å². The lowest BCUT2D eigenvalue weighted by atomic mass is 10.0. The van der Waals surface area contributed by atoms with Crippen LogP contribution in [0.1, 0.15) is 48.9 Å². The van der Waals surface area contributed by atoms with E-state index in [-0.39, 0.29) is 17.8 Å². The van der Waals surface area contributed by atoms with E-state index in [2.05, 4.69) is 22.2 Å². The molecule has 194 valence electrons. The molecule has 6 nitrogen and oxygen atoms in total. The van der Waals surface area contributed by atoms with Crippen molar-refractivity contribution in [3.63, 3.8) is 0 Å². The first-order valence-electron chi connectivity index (χ1n) is 11.1. The Morgan fingerprint density at radius 2 is 1.50 bits per heavy atom. The smallest absolute Gasteiger partial charge is 0.416 e.